The summed E-state index contributed by atoms with van der Waals surface area (Å²) in [5.74, 6) is 1.56. The first-order valence-corrected chi connectivity index (χ1v) is 11.3. The van der Waals surface area contributed by atoms with Crippen molar-refractivity contribution in [3.05, 3.63) is 72.6 Å². The molecule has 1 saturated heterocycles. The molecule has 0 unspecified atom stereocenters. The monoisotopic (exact) mass is 454 g/mol. The van der Waals surface area contributed by atoms with Gasteiger partial charge in [-0.1, -0.05) is 0 Å². The maximum atomic E-state index is 13.1. The number of anilines is 1. The number of carbonyl (C=O) groups excluding carboxylic acids is 1. The van der Waals surface area contributed by atoms with E-state index in [4.69, 9.17) is 4.74 Å². The van der Waals surface area contributed by atoms with Crippen LogP contribution in [0.25, 0.3) is 22.0 Å². The number of ether oxygens (including phenoxy) is 1. The van der Waals surface area contributed by atoms with E-state index in [9.17, 15) is 4.79 Å². The van der Waals surface area contributed by atoms with Crippen LogP contribution < -0.4 is 9.64 Å². The quantitative estimate of drug-likeness (QED) is 0.411. The molecule has 1 aliphatic heterocycles. The minimum absolute atomic E-state index is 0.0192. The number of nitrogens with zero attached hydrogens (tertiary/aromatic N) is 6. The van der Waals surface area contributed by atoms with Crippen molar-refractivity contribution in [2.24, 2.45) is 0 Å². The third-order valence-corrected chi connectivity index (χ3v) is 6.14. The smallest absolute Gasteiger partial charge is 0.169 e. The summed E-state index contributed by atoms with van der Waals surface area (Å²) in [5.41, 5.74) is 3.97. The van der Waals surface area contributed by atoms with Crippen molar-refractivity contribution in [3.63, 3.8) is 0 Å². The average Bonchev–Trinajstić information content (AvgIpc) is 2.89. The predicted octanol–water partition coefficient (Wildman–Crippen LogP) is 3.27. The van der Waals surface area contributed by atoms with Gasteiger partial charge in [-0.2, -0.15) is 0 Å². The van der Waals surface area contributed by atoms with Gasteiger partial charge in [-0.05, 0) is 37.4 Å². The van der Waals surface area contributed by atoms with Gasteiger partial charge in [0.15, 0.2) is 5.78 Å². The number of fused-ring (bicyclic) bond motifs is 1. The number of hydrogen-bond donors (Lipinski definition) is 0. The fourth-order valence-corrected chi connectivity index (χ4v) is 4.09. The van der Waals surface area contributed by atoms with Crippen LogP contribution in [-0.4, -0.2) is 71.0 Å². The highest BCUT2D eigenvalue weighted by molar-refractivity contribution is 5.98. The second kappa shape index (κ2) is 9.52. The maximum absolute atomic E-state index is 13.1. The van der Waals surface area contributed by atoms with Gasteiger partial charge in [0.2, 0.25) is 0 Å². The van der Waals surface area contributed by atoms with Crippen LogP contribution in [0.3, 0.4) is 0 Å². The molecule has 0 aromatic carbocycles. The van der Waals surface area contributed by atoms with Gasteiger partial charge in [-0.3, -0.25) is 19.7 Å². The van der Waals surface area contributed by atoms with E-state index < -0.39 is 0 Å². The molecule has 34 heavy (non-hydrogen) atoms. The molecule has 0 radical (unpaired) electrons. The van der Waals surface area contributed by atoms with Gasteiger partial charge in [0.05, 0.1) is 31.4 Å². The Balaban J connectivity index is 1.36. The van der Waals surface area contributed by atoms with Crippen molar-refractivity contribution in [2.75, 3.05) is 45.2 Å². The highest BCUT2D eigenvalue weighted by atomic mass is 16.5. The van der Waals surface area contributed by atoms with Crippen molar-refractivity contribution >= 4 is 22.5 Å². The van der Waals surface area contributed by atoms with E-state index >= 15 is 0 Å². The summed E-state index contributed by atoms with van der Waals surface area (Å²) in [4.78, 5) is 35.3. The number of piperazine rings is 1. The lowest BCUT2D eigenvalue weighted by Gasteiger charge is -2.33. The SMILES string of the molecule is COc1cncc(-c2cnc3cnc(CC(=O)c4ccnc(N5CCN(C)CC5)c4)cc3c2)c1. The van der Waals surface area contributed by atoms with Gasteiger partial charge in [0.25, 0.3) is 0 Å². The zero-order valence-electron chi connectivity index (χ0n) is 19.3. The maximum Gasteiger partial charge on any atom is 0.169 e. The van der Waals surface area contributed by atoms with E-state index in [1.165, 1.54) is 0 Å². The minimum Gasteiger partial charge on any atom is -0.495 e. The van der Waals surface area contributed by atoms with Crippen LogP contribution in [0.5, 0.6) is 5.75 Å². The Bertz CT molecular complexity index is 1330. The number of Topliss-reactive ketones (excluding diaryl/α,β-unsaturated/α-hetero) is 1. The molecule has 8 nitrogen and oxygen atoms in total. The van der Waals surface area contributed by atoms with Gasteiger partial charge in [-0.25, -0.2) is 4.98 Å². The molecule has 0 spiro atoms. The van der Waals surface area contributed by atoms with Gasteiger partial charge in [0, 0.05) is 72.5 Å². The number of ketones is 1. The van der Waals surface area contributed by atoms with Crippen LogP contribution in [0.1, 0.15) is 16.1 Å². The summed E-state index contributed by atoms with van der Waals surface area (Å²) in [6.45, 7) is 3.79. The molecule has 0 aliphatic carbocycles. The number of methoxy groups -OCH3 is 1. The van der Waals surface area contributed by atoms with Crippen LogP contribution >= 0.6 is 0 Å². The van der Waals surface area contributed by atoms with Crippen molar-refractivity contribution in [2.45, 2.75) is 6.42 Å². The zero-order chi connectivity index (χ0) is 23.5. The summed E-state index contributed by atoms with van der Waals surface area (Å²) in [5, 5.41) is 0.922. The molecule has 0 saturated carbocycles. The summed E-state index contributed by atoms with van der Waals surface area (Å²) in [6.07, 6.45) is 8.88. The first kappa shape index (κ1) is 21.9. The van der Waals surface area contributed by atoms with Crippen LogP contribution in [0, 0.1) is 0 Å². The molecule has 4 aromatic heterocycles. The number of likely N-dealkylation sites (N-methyl/N-ethyl adjacent to an activating group) is 1. The fourth-order valence-electron chi connectivity index (χ4n) is 4.09. The van der Waals surface area contributed by atoms with E-state index in [1.807, 2.05) is 24.3 Å². The van der Waals surface area contributed by atoms with E-state index in [0.29, 0.717) is 17.0 Å². The Hall–Kier alpha value is -3.91. The molecule has 0 amide bonds. The van der Waals surface area contributed by atoms with E-state index in [0.717, 1.165) is 54.0 Å². The summed E-state index contributed by atoms with van der Waals surface area (Å²) >= 11 is 0. The molecule has 0 N–H and O–H groups in total. The molecular weight excluding hydrogens is 428 g/mol. The van der Waals surface area contributed by atoms with Gasteiger partial charge >= 0.3 is 0 Å². The van der Waals surface area contributed by atoms with E-state index in [1.54, 1.807) is 44.2 Å². The Kier molecular flexibility index (Phi) is 6.14. The lowest BCUT2D eigenvalue weighted by molar-refractivity contribution is 0.0992. The standard InChI is InChI=1S/C26H26N6O2/c1-31-5-7-32(8-6-31)26-12-18(3-4-28-26)25(33)13-22-10-19-9-20(15-30-24(19)17-29-22)21-11-23(34-2)16-27-14-21/h3-4,9-12,14-17H,5-8,13H2,1-2H3. The molecule has 8 heteroatoms. The topological polar surface area (TPSA) is 84.3 Å². The minimum atomic E-state index is 0.0192. The first-order valence-electron chi connectivity index (χ1n) is 11.3. The molecule has 0 bridgehead atoms. The van der Waals surface area contributed by atoms with Crippen LogP contribution in [0.2, 0.25) is 0 Å². The molecule has 172 valence electrons. The first-order chi connectivity index (χ1) is 16.6. The Morgan fingerprint density at radius 2 is 1.76 bits per heavy atom. The molecule has 4 aromatic rings. The van der Waals surface area contributed by atoms with E-state index in [-0.39, 0.29) is 12.2 Å². The van der Waals surface area contributed by atoms with Gasteiger partial charge in [-0.15, -0.1) is 0 Å². The number of rotatable bonds is 6. The summed E-state index contributed by atoms with van der Waals surface area (Å²) in [7, 11) is 3.73. The van der Waals surface area contributed by atoms with Crippen molar-refractivity contribution < 1.29 is 9.53 Å². The normalized spacial score (nSPS) is 14.4. The van der Waals surface area contributed by atoms with Gasteiger partial charge < -0.3 is 14.5 Å². The van der Waals surface area contributed by atoms with Crippen LogP contribution in [0.4, 0.5) is 5.82 Å². The van der Waals surface area contributed by atoms with Gasteiger partial charge in [0.1, 0.15) is 11.6 Å². The number of carbonyl (C=O) groups is 1. The van der Waals surface area contributed by atoms with Crippen molar-refractivity contribution in [3.8, 4) is 16.9 Å². The molecule has 1 aliphatic rings. The fraction of sp³-hybridized carbons (Fsp3) is 0.269. The summed E-state index contributed by atoms with van der Waals surface area (Å²) in [6, 6.07) is 9.55. The lowest BCUT2D eigenvalue weighted by atomic mass is 10.0. The molecule has 0 atom stereocenters. The second-order valence-corrected chi connectivity index (χ2v) is 8.50. The Labute approximate surface area is 198 Å². The van der Waals surface area contributed by atoms with Crippen molar-refractivity contribution in [1.29, 1.82) is 0 Å². The molecule has 5 rings (SSSR count). The molecule has 1 fully saturated rings. The largest absolute Gasteiger partial charge is 0.495 e. The average molecular weight is 455 g/mol. The van der Waals surface area contributed by atoms with E-state index in [2.05, 4.69) is 36.8 Å². The van der Waals surface area contributed by atoms with Crippen LogP contribution in [-0.2, 0) is 6.42 Å². The molecular formula is C26H26N6O2. The highest BCUT2D eigenvalue weighted by Crippen LogP contribution is 2.25. The Morgan fingerprint density at radius 1 is 0.941 bits per heavy atom. The molecule has 5 heterocycles. The van der Waals surface area contributed by atoms with Crippen molar-refractivity contribution in [1.82, 2.24) is 24.8 Å². The predicted molar refractivity (Wildman–Crippen MR) is 131 cm³/mol. The number of hydrogen-bond acceptors (Lipinski definition) is 8. The lowest BCUT2D eigenvalue weighted by Crippen LogP contribution is -2.44. The number of pyridine rings is 4. The second-order valence-electron chi connectivity index (χ2n) is 8.50. The highest BCUT2D eigenvalue weighted by Gasteiger charge is 2.17. The number of aromatic nitrogens is 4. The third kappa shape index (κ3) is 4.72. The van der Waals surface area contributed by atoms with Crippen LogP contribution in [0.15, 0.2) is 61.3 Å². The zero-order valence-corrected chi connectivity index (χ0v) is 19.3. The Morgan fingerprint density at radius 3 is 2.59 bits per heavy atom. The summed E-state index contributed by atoms with van der Waals surface area (Å²) < 4.78 is 5.28. The third-order valence-electron chi connectivity index (χ3n) is 6.14.